The summed E-state index contributed by atoms with van der Waals surface area (Å²) >= 11 is 0. The highest BCUT2D eigenvalue weighted by molar-refractivity contribution is 8.24. The summed E-state index contributed by atoms with van der Waals surface area (Å²) < 4.78 is 70.7. The topological polar surface area (TPSA) is 102 Å². The van der Waals surface area contributed by atoms with Crippen LogP contribution in [0.15, 0.2) is 0 Å². The Morgan fingerprint density at radius 3 is 0.737 bits per heavy atom. The Morgan fingerprint density at radius 1 is 0.474 bits per heavy atom. The maximum Gasteiger partial charge on any atom is 0.263 e. The van der Waals surface area contributed by atoms with Crippen molar-refractivity contribution in [3.05, 3.63) is 0 Å². The van der Waals surface area contributed by atoms with Gasteiger partial charge in [0.1, 0.15) is 0 Å². The highest BCUT2D eigenvalue weighted by atomic mass is 32.3. The van der Waals surface area contributed by atoms with E-state index in [2.05, 4.69) is 0 Å². The average Bonchev–Trinajstić information content (AvgIpc) is 2.14. The van der Waals surface area contributed by atoms with Crippen LogP contribution < -0.4 is 0 Å². The summed E-state index contributed by atoms with van der Waals surface area (Å²) in [5, 5.41) is -3.25. The van der Waals surface area contributed by atoms with Crippen LogP contribution in [-0.2, 0) is 29.5 Å². The summed E-state index contributed by atoms with van der Waals surface area (Å²) in [5.74, 6) is 0. The molecule has 9 heteroatoms. The number of sulfone groups is 3. The Labute approximate surface area is 116 Å². The van der Waals surface area contributed by atoms with Crippen molar-refractivity contribution in [2.24, 2.45) is 0 Å². The van der Waals surface area contributed by atoms with Crippen molar-refractivity contribution in [2.75, 3.05) is 0 Å². The molecule has 0 aromatic heterocycles. The molecule has 0 aliphatic carbocycles. The molecule has 0 heterocycles. The minimum absolute atomic E-state index is 1.08. The standard InChI is InChI=1S/C10H22O6S3/c1-7(2)17(11,12)10(18(13,14)8(3)4)19(15,16)9(5)6/h7-10H,1-6H3. The van der Waals surface area contributed by atoms with E-state index < -0.39 is 49.2 Å². The predicted molar refractivity (Wildman–Crippen MR) is 76.0 cm³/mol. The van der Waals surface area contributed by atoms with Gasteiger partial charge in [-0.25, -0.2) is 25.3 Å². The van der Waals surface area contributed by atoms with Gasteiger partial charge >= 0.3 is 0 Å². The molecule has 0 radical (unpaired) electrons. The van der Waals surface area contributed by atoms with E-state index in [0.717, 1.165) is 0 Å². The second-order valence-electron chi connectivity index (χ2n) is 5.20. The molecule has 116 valence electrons. The van der Waals surface area contributed by atoms with Crippen molar-refractivity contribution in [2.45, 2.75) is 61.2 Å². The first-order valence-electron chi connectivity index (χ1n) is 5.88. The molecule has 0 N–H and O–H groups in total. The molecule has 0 bridgehead atoms. The number of hydrogen-bond acceptors (Lipinski definition) is 6. The van der Waals surface area contributed by atoms with E-state index in [-0.39, 0.29) is 0 Å². The summed E-state index contributed by atoms with van der Waals surface area (Å²) in [6, 6.07) is 0. The van der Waals surface area contributed by atoms with Crippen molar-refractivity contribution < 1.29 is 25.3 Å². The molecular weight excluding hydrogens is 312 g/mol. The number of rotatable bonds is 6. The Bertz CT molecular complexity index is 518. The first-order chi connectivity index (χ1) is 8.20. The summed E-state index contributed by atoms with van der Waals surface area (Å²) in [4.78, 5) is 0. The van der Waals surface area contributed by atoms with Gasteiger partial charge < -0.3 is 0 Å². The molecule has 0 unspecified atom stereocenters. The fourth-order valence-corrected chi connectivity index (χ4v) is 11.0. The van der Waals surface area contributed by atoms with Gasteiger partial charge in [-0.1, -0.05) is 0 Å². The van der Waals surface area contributed by atoms with Gasteiger partial charge in [-0.15, -0.1) is 0 Å². The zero-order valence-corrected chi connectivity index (χ0v) is 14.4. The van der Waals surface area contributed by atoms with Crippen LogP contribution in [0.2, 0.25) is 0 Å². The second kappa shape index (κ2) is 5.69. The Balaban J connectivity index is 6.46. The quantitative estimate of drug-likeness (QED) is 0.710. The molecule has 0 saturated heterocycles. The molecule has 0 spiro atoms. The Kier molecular flexibility index (Phi) is 5.64. The lowest BCUT2D eigenvalue weighted by molar-refractivity contribution is 0.562. The smallest absolute Gasteiger partial charge is 0.226 e. The van der Waals surface area contributed by atoms with E-state index in [1.807, 2.05) is 0 Å². The fourth-order valence-electron chi connectivity index (χ4n) is 1.23. The van der Waals surface area contributed by atoms with Gasteiger partial charge in [-0.3, -0.25) is 0 Å². The maximum atomic E-state index is 12.2. The third-order valence-electron chi connectivity index (χ3n) is 2.78. The summed E-state index contributed by atoms with van der Waals surface area (Å²) in [6.07, 6.45) is 0. The average molecular weight is 334 g/mol. The van der Waals surface area contributed by atoms with Crippen LogP contribution in [0.4, 0.5) is 0 Å². The molecule has 0 aliphatic heterocycles. The van der Waals surface area contributed by atoms with Gasteiger partial charge in [-0.05, 0) is 41.5 Å². The van der Waals surface area contributed by atoms with E-state index in [9.17, 15) is 25.3 Å². The molecular formula is C10H22O6S3. The van der Waals surface area contributed by atoms with Gasteiger partial charge in [0, 0.05) is 0 Å². The van der Waals surface area contributed by atoms with E-state index in [1.165, 1.54) is 41.5 Å². The minimum Gasteiger partial charge on any atom is -0.226 e. The Hall–Kier alpha value is -0.150. The number of hydrogen-bond donors (Lipinski definition) is 0. The lowest BCUT2D eigenvalue weighted by Gasteiger charge is -2.24. The molecule has 0 amide bonds. The second-order valence-corrected chi connectivity index (χ2v) is 13.9. The molecule has 6 nitrogen and oxygen atoms in total. The van der Waals surface area contributed by atoms with Crippen LogP contribution in [-0.4, -0.2) is 44.9 Å². The molecule has 0 rings (SSSR count). The summed E-state index contributed by atoms with van der Waals surface area (Å²) in [6.45, 7) is 7.63. The van der Waals surface area contributed by atoms with E-state index in [0.29, 0.717) is 0 Å². The first kappa shape index (κ1) is 18.9. The highest BCUT2D eigenvalue weighted by Crippen LogP contribution is 2.27. The minimum atomic E-state index is -4.32. The highest BCUT2D eigenvalue weighted by Gasteiger charge is 2.51. The molecule has 0 atom stereocenters. The van der Waals surface area contributed by atoms with Gasteiger partial charge in [0.25, 0.3) is 3.91 Å². The summed E-state index contributed by atoms with van der Waals surface area (Å²) in [5.41, 5.74) is 0. The van der Waals surface area contributed by atoms with Crippen molar-refractivity contribution >= 4 is 29.5 Å². The predicted octanol–water partition coefficient (Wildman–Crippen LogP) is 0.740. The van der Waals surface area contributed by atoms with Gasteiger partial charge in [0.2, 0.25) is 0 Å². The van der Waals surface area contributed by atoms with Crippen LogP contribution in [0, 0.1) is 0 Å². The third kappa shape index (κ3) is 3.49. The van der Waals surface area contributed by atoms with Gasteiger partial charge in [0.05, 0.1) is 15.7 Å². The molecule has 0 saturated carbocycles. The van der Waals surface area contributed by atoms with Crippen molar-refractivity contribution in [3.63, 3.8) is 0 Å². The van der Waals surface area contributed by atoms with Crippen molar-refractivity contribution in [1.82, 2.24) is 0 Å². The van der Waals surface area contributed by atoms with Crippen LogP contribution in [0.5, 0.6) is 0 Å². The zero-order valence-electron chi connectivity index (χ0n) is 12.0. The summed E-state index contributed by atoms with van der Waals surface area (Å²) in [7, 11) is -13.0. The van der Waals surface area contributed by atoms with Crippen LogP contribution >= 0.6 is 0 Å². The van der Waals surface area contributed by atoms with E-state index in [1.54, 1.807) is 0 Å². The molecule has 0 aromatic rings. The van der Waals surface area contributed by atoms with Gasteiger partial charge in [0.15, 0.2) is 29.5 Å². The van der Waals surface area contributed by atoms with Gasteiger partial charge in [-0.2, -0.15) is 0 Å². The molecule has 0 fully saturated rings. The first-order valence-corrected chi connectivity index (χ1v) is 10.7. The molecule has 0 aromatic carbocycles. The third-order valence-corrected chi connectivity index (χ3v) is 13.2. The monoisotopic (exact) mass is 334 g/mol. The van der Waals surface area contributed by atoms with Crippen molar-refractivity contribution in [1.29, 1.82) is 0 Å². The fraction of sp³-hybridized carbons (Fsp3) is 1.00. The van der Waals surface area contributed by atoms with E-state index in [4.69, 9.17) is 0 Å². The lowest BCUT2D eigenvalue weighted by atomic mass is 10.6. The van der Waals surface area contributed by atoms with Crippen LogP contribution in [0.1, 0.15) is 41.5 Å². The maximum absolute atomic E-state index is 12.2. The SMILES string of the molecule is CC(C)S(=O)(=O)C(S(=O)(=O)C(C)C)S(=O)(=O)C(C)C. The lowest BCUT2D eigenvalue weighted by Crippen LogP contribution is -2.46. The molecule has 0 aliphatic rings. The molecule has 19 heavy (non-hydrogen) atoms. The van der Waals surface area contributed by atoms with Crippen LogP contribution in [0.25, 0.3) is 0 Å². The van der Waals surface area contributed by atoms with Crippen molar-refractivity contribution in [3.8, 4) is 0 Å². The van der Waals surface area contributed by atoms with Crippen LogP contribution in [0.3, 0.4) is 0 Å². The zero-order chi connectivity index (χ0) is 15.8. The normalized spacial score (nSPS) is 14.8. The largest absolute Gasteiger partial charge is 0.263 e. The Morgan fingerprint density at radius 2 is 0.632 bits per heavy atom. The van der Waals surface area contributed by atoms with E-state index >= 15 is 0 Å².